The molecule has 0 heterocycles. The van der Waals surface area contributed by atoms with Crippen LogP contribution in [0.4, 0.5) is 5.69 Å². The third-order valence-electron chi connectivity index (χ3n) is 7.71. The molecule has 1 N–H and O–H groups in total. The Labute approximate surface area is 217 Å². The summed E-state index contributed by atoms with van der Waals surface area (Å²) in [6.07, 6.45) is 8.14. The molecule has 8 heteroatoms. The van der Waals surface area contributed by atoms with Gasteiger partial charge < -0.3 is 9.84 Å². The van der Waals surface area contributed by atoms with E-state index in [2.05, 4.69) is 0 Å². The molecule has 194 valence electrons. The van der Waals surface area contributed by atoms with E-state index in [-0.39, 0.29) is 34.8 Å². The fourth-order valence-corrected chi connectivity index (χ4v) is 7.25. The van der Waals surface area contributed by atoms with Gasteiger partial charge in [-0.2, -0.15) is 0 Å². The van der Waals surface area contributed by atoms with Crippen molar-refractivity contribution in [3.8, 4) is 11.5 Å². The van der Waals surface area contributed by atoms with Gasteiger partial charge in [-0.1, -0.05) is 25.7 Å². The summed E-state index contributed by atoms with van der Waals surface area (Å²) in [5.41, 5.74) is 2.55. The number of rotatable bonds is 8. The van der Waals surface area contributed by atoms with Crippen LogP contribution in [0, 0.1) is 10.1 Å². The van der Waals surface area contributed by atoms with Crippen molar-refractivity contribution in [2.45, 2.75) is 79.6 Å². The highest BCUT2D eigenvalue weighted by Crippen LogP contribution is 2.46. The summed E-state index contributed by atoms with van der Waals surface area (Å²) in [6.45, 7) is 0.242. The fourth-order valence-electron chi connectivity index (χ4n) is 5.69. The maximum Gasteiger partial charge on any atom is 0.269 e. The van der Waals surface area contributed by atoms with Crippen molar-refractivity contribution in [1.29, 1.82) is 0 Å². The van der Waals surface area contributed by atoms with Crippen LogP contribution >= 0.6 is 0 Å². The zero-order valence-corrected chi connectivity index (χ0v) is 21.5. The Kier molecular flexibility index (Phi) is 7.20. The summed E-state index contributed by atoms with van der Waals surface area (Å²) in [5.74, 6) is 1.09. The zero-order valence-electron chi connectivity index (χ0n) is 20.6. The normalized spacial score (nSPS) is 16.8. The average Bonchev–Trinajstić information content (AvgIpc) is 3.62. The number of phenolic OH excluding ortho intramolecular Hbond substituents is 1. The molecular weight excluding hydrogens is 490 g/mol. The molecule has 2 fully saturated rings. The van der Waals surface area contributed by atoms with Crippen molar-refractivity contribution in [2.24, 2.45) is 0 Å². The van der Waals surface area contributed by atoms with E-state index < -0.39 is 14.8 Å². The SMILES string of the molecule is O=[N+]([O-])c1ccc(COc2cc(C3CCCC3)c(S(=O)(=O)c3ccc(O)cc3)cc2C2CCCC2)cc1. The maximum atomic E-state index is 13.9. The number of aromatic hydroxyl groups is 1. The summed E-state index contributed by atoms with van der Waals surface area (Å²) >= 11 is 0. The van der Waals surface area contributed by atoms with E-state index in [0.717, 1.165) is 68.1 Å². The average molecular weight is 522 g/mol. The van der Waals surface area contributed by atoms with Gasteiger partial charge in [-0.25, -0.2) is 8.42 Å². The van der Waals surface area contributed by atoms with Gasteiger partial charge in [0.25, 0.3) is 5.69 Å². The monoisotopic (exact) mass is 521 g/mol. The number of benzene rings is 3. The molecule has 0 unspecified atom stereocenters. The largest absolute Gasteiger partial charge is 0.508 e. The molecule has 37 heavy (non-hydrogen) atoms. The third-order valence-corrected chi connectivity index (χ3v) is 9.54. The van der Waals surface area contributed by atoms with Gasteiger partial charge in [0.05, 0.1) is 14.7 Å². The number of sulfone groups is 1. The lowest BCUT2D eigenvalue weighted by atomic mass is 9.91. The lowest BCUT2D eigenvalue weighted by Crippen LogP contribution is -2.11. The van der Waals surface area contributed by atoms with Gasteiger partial charge in [-0.15, -0.1) is 0 Å². The molecule has 0 aliphatic heterocycles. The highest BCUT2D eigenvalue weighted by atomic mass is 32.2. The predicted octanol–water partition coefficient (Wildman–Crippen LogP) is 7.03. The smallest absolute Gasteiger partial charge is 0.269 e. The van der Waals surface area contributed by atoms with Crippen molar-refractivity contribution < 1.29 is 23.2 Å². The van der Waals surface area contributed by atoms with Crippen molar-refractivity contribution in [3.63, 3.8) is 0 Å². The molecule has 0 atom stereocenters. The van der Waals surface area contributed by atoms with Gasteiger partial charge in [-0.3, -0.25) is 10.1 Å². The molecule has 0 bridgehead atoms. The molecule has 0 spiro atoms. The predicted molar refractivity (Wildman–Crippen MR) is 140 cm³/mol. The second-order valence-electron chi connectivity index (χ2n) is 10.1. The number of hydrogen-bond acceptors (Lipinski definition) is 6. The van der Waals surface area contributed by atoms with Crippen LogP contribution in [0.25, 0.3) is 0 Å². The second-order valence-corrected chi connectivity index (χ2v) is 12.0. The van der Waals surface area contributed by atoms with Crippen LogP contribution in [-0.4, -0.2) is 18.4 Å². The van der Waals surface area contributed by atoms with Crippen LogP contribution in [0.15, 0.2) is 70.5 Å². The number of nitrogens with zero attached hydrogens (tertiary/aromatic N) is 1. The van der Waals surface area contributed by atoms with Crippen molar-refractivity contribution >= 4 is 15.5 Å². The number of ether oxygens (including phenoxy) is 1. The number of hydrogen-bond donors (Lipinski definition) is 1. The molecule has 0 amide bonds. The Balaban J connectivity index is 1.57. The van der Waals surface area contributed by atoms with Gasteiger partial charge in [0, 0.05) is 12.1 Å². The van der Waals surface area contributed by atoms with E-state index in [9.17, 15) is 23.6 Å². The lowest BCUT2D eigenvalue weighted by Gasteiger charge is -2.23. The standard InChI is InChI=1S/C29H31NO6S/c31-24-13-15-25(16-14-24)37(34,35)29-18-26(21-5-1-2-6-21)28(17-27(29)22-7-3-4-8-22)36-19-20-9-11-23(12-10-20)30(32)33/h9-18,21-22,31H,1-8,19H2. The molecule has 0 radical (unpaired) electrons. The number of phenols is 1. The minimum Gasteiger partial charge on any atom is -0.508 e. The quantitative estimate of drug-likeness (QED) is 0.252. The van der Waals surface area contributed by atoms with Crippen molar-refractivity contribution in [2.75, 3.05) is 0 Å². The Morgan fingerprint density at radius 2 is 1.41 bits per heavy atom. The first-order valence-corrected chi connectivity index (χ1v) is 14.4. The first-order valence-electron chi connectivity index (χ1n) is 12.9. The number of non-ortho nitro benzene ring substituents is 1. The van der Waals surface area contributed by atoms with Gasteiger partial charge >= 0.3 is 0 Å². The van der Waals surface area contributed by atoms with Gasteiger partial charge in [0.15, 0.2) is 0 Å². The van der Waals surface area contributed by atoms with Gasteiger partial charge in [-0.05, 0) is 103 Å². The molecule has 2 aliphatic rings. The van der Waals surface area contributed by atoms with E-state index >= 15 is 0 Å². The molecule has 5 rings (SSSR count). The summed E-state index contributed by atoms with van der Waals surface area (Å²) < 4.78 is 34.1. The first-order chi connectivity index (χ1) is 17.8. The van der Waals surface area contributed by atoms with Crippen molar-refractivity contribution in [1.82, 2.24) is 0 Å². The Morgan fingerprint density at radius 1 is 0.838 bits per heavy atom. The summed E-state index contributed by atoms with van der Waals surface area (Å²) in [4.78, 5) is 11.1. The Hall–Kier alpha value is -3.39. The van der Waals surface area contributed by atoms with E-state index in [0.29, 0.717) is 10.6 Å². The van der Waals surface area contributed by atoms with Crippen molar-refractivity contribution in [3.05, 3.63) is 87.5 Å². The molecule has 0 aromatic heterocycles. The summed E-state index contributed by atoms with van der Waals surface area (Å²) in [7, 11) is -3.80. The minimum atomic E-state index is -3.80. The molecule has 7 nitrogen and oxygen atoms in total. The Bertz CT molecular complexity index is 1370. The maximum absolute atomic E-state index is 13.9. The van der Waals surface area contributed by atoms with E-state index in [1.165, 1.54) is 36.4 Å². The van der Waals surface area contributed by atoms with E-state index in [4.69, 9.17) is 4.74 Å². The second kappa shape index (κ2) is 10.5. The van der Waals surface area contributed by atoms with Crippen LogP contribution < -0.4 is 4.74 Å². The van der Waals surface area contributed by atoms with E-state index in [1.54, 1.807) is 12.1 Å². The van der Waals surface area contributed by atoms with Crippen LogP contribution in [-0.2, 0) is 16.4 Å². The fraction of sp³-hybridized carbons (Fsp3) is 0.379. The zero-order chi connectivity index (χ0) is 26.0. The van der Waals surface area contributed by atoms with Crippen LogP contribution in [0.5, 0.6) is 11.5 Å². The molecule has 3 aromatic rings. The molecular formula is C29H31NO6S. The lowest BCUT2D eigenvalue weighted by molar-refractivity contribution is -0.384. The van der Waals surface area contributed by atoms with Crippen LogP contribution in [0.3, 0.4) is 0 Å². The van der Waals surface area contributed by atoms with Crippen LogP contribution in [0.1, 0.15) is 79.9 Å². The summed E-state index contributed by atoms with van der Waals surface area (Å²) in [6, 6.07) is 15.8. The minimum absolute atomic E-state index is 0.0246. The third kappa shape index (κ3) is 5.34. The van der Waals surface area contributed by atoms with Gasteiger partial charge in [0.2, 0.25) is 9.84 Å². The van der Waals surface area contributed by atoms with Crippen LogP contribution in [0.2, 0.25) is 0 Å². The van der Waals surface area contributed by atoms with Gasteiger partial charge in [0.1, 0.15) is 18.1 Å². The molecule has 0 saturated heterocycles. The molecule has 2 saturated carbocycles. The number of nitro groups is 1. The molecule has 3 aromatic carbocycles. The molecule has 2 aliphatic carbocycles. The Morgan fingerprint density at radius 3 is 1.97 bits per heavy atom. The summed E-state index contributed by atoms with van der Waals surface area (Å²) in [5, 5.41) is 20.7. The first kappa shape index (κ1) is 25.3. The highest BCUT2D eigenvalue weighted by Gasteiger charge is 2.31. The van der Waals surface area contributed by atoms with E-state index in [1.807, 2.05) is 12.1 Å². The number of nitro benzene ring substituents is 1. The highest BCUT2D eigenvalue weighted by molar-refractivity contribution is 7.91. The topological polar surface area (TPSA) is 107 Å².